The number of piperidine rings is 1. The summed E-state index contributed by atoms with van der Waals surface area (Å²) in [6, 6.07) is 12.9. The number of rotatable bonds is 4. The number of aromatic carboxylic acids is 1. The number of carboxylic acid groups (broad SMARTS) is 2. The quantitative estimate of drug-likeness (QED) is 0.787. The highest BCUT2D eigenvalue weighted by Gasteiger charge is 2.31. The lowest BCUT2D eigenvalue weighted by Crippen LogP contribution is -2.38. The number of nitrogens with zero attached hydrogens (tertiary/aromatic N) is 2. The minimum absolute atomic E-state index is 0.0277. The molecular formula is C21H22N2O5. The summed E-state index contributed by atoms with van der Waals surface area (Å²) in [5.41, 5.74) is 0.959. The highest BCUT2D eigenvalue weighted by Crippen LogP contribution is 2.37. The molecule has 1 aliphatic rings. The first-order valence-electron chi connectivity index (χ1n) is 9.14. The van der Waals surface area contributed by atoms with Crippen molar-refractivity contribution in [2.24, 2.45) is 5.92 Å². The van der Waals surface area contributed by atoms with E-state index in [0.717, 1.165) is 30.8 Å². The Hall–Kier alpha value is -3.35. The van der Waals surface area contributed by atoms with Gasteiger partial charge >= 0.3 is 17.8 Å². The van der Waals surface area contributed by atoms with Crippen molar-refractivity contribution in [3.05, 3.63) is 54.1 Å². The summed E-state index contributed by atoms with van der Waals surface area (Å²) in [7, 11) is 0. The summed E-state index contributed by atoms with van der Waals surface area (Å²) in [4.78, 5) is 39.0. The Morgan fingerprint density at radius 1 is 1.00 bits per heavy atom. The molecule has 0 bridgehead atoms. The number of amides is 1. The van der Waals surface area contributed by atoms with E-state index in [0.29, 0.717) is 17.3 Å². The van der Waals surface area contributed by atoms with Crippen LogP contribution in [0.5, 0.6) is 0 Å². The third kappa shape index (κ3) is 3.83. The Morgan fingerprint density at radius 3 is 2.29 bits per heavy atom. The molecule has 1 heterocycles. The number of hydrogen-bond donors (Lipinski definition) is 2. The Balaban J connectivity index is 2.17. The van der Waals surface area contributed by atoms with Gasteiger partial charge < -0.3 is 15.1 Å². The monoisotopic (exact) mass is 382 g/mol. The van der Waals surface area contributed by atoms with E-state index in [-0.39, 0.29) is 11.3 Å². The highest BCUT2D eigenvalue weighted by atomic mass is 16.4. The van der Waals surface area contributed by atoms with Crippen LogP contribution in [-0.4, -0.2) is 41.1 Å². The van der Waals surface area contributed by atoms with Gasteiger partial charge in [-0.1, -0.05) is 31.2 Å². The molecule has 3 rings (SSSR count). The first-order valence-corrected chi connectivity index (χ1v) is 9.14. The van der Waals surface area contributed by atoms with Crippen LogP contribution < -0.4 is 9.80 Å². The Labute approximate surface area is 162 Å². The molecule has 1 fully saturated rings. The fourth-order valence-electron chi connectivity index (χ4n) is 3.62. The van der Waals surface area contributed by atoms with Gasteiger partial charge in [-0.3, -0.25) is 9.69 Å². The van der Waals surface area contributed by atoms with Gasteiger partial charge in [0.25, 0.3) is 0 Å². The average molecular weight is 382 g/mol. The lowest BCUT2D eigenvalue weighted by atomic mass is 9.99. The van der Waals surface area contributed by atoms with Gasteiger partial charge in [-0.05, 0) is 43.0 Å². The number of para-hydroxylation sites is 3. The summed E-state index contributed by atoms with van der Waals surface area (Å²) in [6.45, 7) is 3.72. The largest absolute Gasteiger partial charge is 0.478 e. The maximum absolute atomic E-state index is 12.6. The van der Waals surface area contributed by atoms with Crippen molar-refractivity contribution in [2.75, 3.05) is 22.9 Å². The molecule has 7 heteroatoms. The number of carbonyl (C=O) groups is 3. The van der Waals surface area contributed by atoms with E-state index in [1.54, 1.807) is 18.2 Å². The van der Waals surface area contributed by atoms with Crippen LogP contribution in [0.25, 0.3) is 0 Å². The van der Waals surface area contributed by atoms with Crippen LogP contribution in [0.15, 0.2) is 48.5 Å². The van der Waals surface area contributed by atoms with Gasteiger partial charge in [-0.15, -0.1) is 0 Å². The summed E-state index contributed by atoms with van der Waals surface area (Å²) < 4.78 is 0. The maximum Gasteiger partial charge on any atom is 0.395 e. The Bertz CT molecular complexity index is 911. The minimum Gasteiger partial charge on any atom is -0.478 e. The van der Waals surface area contributed by atoms with Crippen molar-refractivity contribution in [2.45, 2.75) is 19.8 Å². The summed E-state index contributed by atoms with van der Waals surface area (Å²) in [5.74, 6) is -3.62. The molecule has 7 nitrogen and oxygen atoms in total. The minimum atomic E-state index is -1.65. The molecule has 1 atom stereocenters. The second kappa shape index (κ2) is 8.12. The predicted octanol–water partition coefficient (Wildman–Crippen LogP) is 3.37. The van der Waals surface area contributed by atoms with E-state index in [4.69, 9.17) is 0 Å². The van der Waals surface area contributed by atoms with Crippen LogP contribution in [-0.2, 0) is 9.59 Å². The second-order valence-corrected chi connectivity index (χ2v) is 6.95. The number of anilines is 3. The van der Waals surface area contributed by atoms with E-state index in [2.05, 4.69) is 11.8 Å². The summed E-state index contributed by atoms with van der Waals surface area (Å²) in [5, 5.41) is 18.9. The van der Waals surface area contributed by atoms with Gasteiger partial charge in [0.1, 0.15) is 0 Å². The van der Waals surface area contributed by atoms with Crippen LogP contribution >= 0.6 is 0 Å². The van der Waals surface area contributed by atoms with Gasteiger partial charge in [-0.2, -0.15) is 0 Å². The number of benzene rings is 2. The van der Waals surface area contributed by atoms with Gasteiger partial charge in [0.2, 0.25) is 0 Å². The molecule has 1 saturated heterocycles. The van der Waals surface area contributed by atoms with Crippen molar-refractivity contribution in [3.8, 4) is 0 Å². The van der Waals surface area contributed by atoms with Gasteiger partial charge in [0.05, 0.1) is 22.6 Å². The molecule has 28 heavy (non-hydrogen) atoms. The Kier molecular flexibility index (Phi) is 5.63. The van der Waals surface area contributed by atoms with Crippen molar-refractivity contribution in [1.29, 1.82) is 0 Å². The second-order valence-electron chi connectivity index (χ2n) is 6.95. The molecule has 2 N–H and O–H groups in total. The zero-order chi connectivity index (χ0) is 20.3. The molecule has 146 valence electrons. The van der Waals surface area contributed by atoms with Crippen LogP contribution in [0.4, 0.5) is 17.1 Å². The zero-order valence-electron chi connectivity index (χ0n) is 15.5. The molecule has 1 aliphatic heterocycles. The van der Waals surface area contributed by atoms with E-state index >= 15 is 0 Å². The normalized spacial score (nSPS) is 16.5. The standard InChI is InChI=1S/C21H22N2O5/c1-14-7-6-12-22(13-14)17-10-4-5-11-18(17)23(19(24)21(27)28)16-9-3-2-8-15(16)20(25)26/h2-5,8-11,14H,6-7,12-13H2,1H3,(H,25,26)(H,27,28). The molecular weight excluding hydrogens is 360 g/mol. The molecule has 0 aromatic heterocycles. The SMILES string of the molecule is CC1CCCN(c2ccccc2N(C(=O)C(=O)O)c2ccccc2C(=O)O)C1. The van der Waals surface area contributed by atoms with E-state index in [1.165, 1.54) is 18.2 Å². The van der Waals surface area contributed by atoms with Crippen LogP contribution in [0.3, 0.4) is 0 Å². The van der Waals surface area contributed by atoms with Gasteiger partial charge in [-0.25, -0.2) is 9.59 Å². The first kappa shape index (κ1) is 19.4. The Morgan fingerprint density at radius 2 is 1.64 bits per heavy atom. The summed E-state index contributed by atoms with van der Waals surface area (Å²) >= 11 is 0. The smallest absolute Gasteiger partial charge is 0.395 e. The third-order valence-corrected chi connectivity index (χ3v) is 4.88. The molecule has 2 aromatic rings. The first-order chi connectivity index (χ1) is 13.4. The van der Waals surface area contributed by atoms with E-state index in [1.807, 2.05) is 12.1 Å². The summed E-state index contributed by atoms with van der Waals surface area (Å²) in [6.07, 6.45) is 2.10. The fourth-order valence-corrected chi connectivity index (χ4v) is 3.62. The molecule has 0 saturated carbocycles. The lowest BCUT2D eigenvalue weighted by molar-refractivity contribution is -0.148. The van der Waals surface area contributed by atoms with Crippen molar-refractivity contribution in [3.63, 3.8) is 0 Å². The fraction of sp³-hybridized carbons (Fsp3) is 0.286. The lowest BCUT2D eigenvalue weighted by Gasteiger charge is -2.36. The molecule has 0 aliphatic carbocycles. The van der Waals surface area contributed by atoms with Gasteiger partial charge in [0, 0.05) is 13.1 Å². The number of hydrogen-bond acceptors (Lipinski definition) is 4. The van der Waals surface area contributed by atoms with Crippen LogP contribution in [0, 0.1) is 5.92 Å². The molecule has 0 spiro atoms. The van der Waals surface area contributed by atoms with Crippen LogP contribution in [0.1, 0.15) is 30.1 Å². The molecule has 2 aromatic carbocycles. The van der Waals surface area contributed by atoms with Crippen molar-refractivity contribution < 1.29 is 24.6 Å². The predicted molar refractivity (Wildman–Crippen MR) is 105 cm³/mol. The zero-order valence-corrected chi connectivity index (χ0v) is 15.5. The van der Waals surface area contributed by atoms with Crippen LogP contribution in [0.2, 0.25) is 0 Å². The topological polar surface area (TPSA) is 98.2 Å². The van der Waals surface area contributed by atoms with E-state index < -0.39 is 17.8 Å². The molecule has 1 unspecified atom stereocenters. The highest BCUT2D eigenvalue weighted by molar-refractivity contribution is 6.40. The number of carboxylic acids is 2. The van der Waals surface area contributed by atoms with E-state index in [9.17, 15) is 24.6 Å². The maximum atomic E-state index is 12.6. The number of carbonyl (C=O) groups excluding carboxylic acids is 1. The number of aliphatic carboxylic acids is 1. The average Bonchev–Trinajstić information content (AvgIpc) is 2.68. The van der Waals surface area contributed by atoms with Crippen molar-refractivity contribution >= 4 is 34.9 Å². The van der Waals surface area contributed by atoms with Crippen molar-refractivity contribution in [1.82, 2.24) is 0 Å². The molecule has 0 radical (unpaired) electrons. The third-order valence-electron chi connectivity index (χ3n) is 4.88. The van der Waals surface area contributed by atoms with Gasteiger partial charge in [0.15, 0.2) is 0 Å². The molecule has 1 amide bonds.